The van der Waals surface area contributed by atoms with Gasteiger partial charge in [0.2, 0.25) is 0 Å². The van der Waals surface area contributed by atoms with Gasteiger partial charge in [0.1, 0.15) is 5.15 Å². The Morgan fingerprint density at radius 3 is 1.40 bits per heavy atom. The summed E-state index contributed by atoms with van der Waals surface area (Å²) in [6.45, 7) is 7.69. The molecule has 256 valence electrons. The molecule has 0 saturated heterocycles. The van der Waals surface area contributed by atoms with Crippen LogP contribution in [-0.4, -0.2) is 37.1 Å². The molecule has 0 aliphatic rings. The molecule has 6 aromatic carbocycles. The topological polar surface area (TPSA) is 92.0 Å². The molecule has 0 fully saturated rings. The first-order valence-corrected chi connectivity index (χ1v) is 17.3. The number of hydrogen-bond donors (Lipinski definition) is 2. The first-order valence-electron chi connectivity index (χ1n) is 17.0. The number of fused-ring (bicyclic) bond motifs is 2. The molecule has 6 nitrogen and oxygen atoms in total. The Labute approximate surface area is 309 Å². The zero-order valence-corrected chi connectivity index (χ0v) is 30.3. The van der Waals surface area contributed by atoms with E-state index in [2.05, 4.69) is 111 Å². The van der Waals surface area contributed by atoms with Gasteiger partial charge in [-0.1, -0.05) is 145 Å². The second kappa shape index (κ2) is 16.5. The van der Waals surface area contributed by atoms with Gasteiger partial charge in [0, 0.05) is 18.0 Å². The lowest BCUT2D eigenvalue weighted by molar-refractivity contribution is 0.426. The van der Waals surface area contributed by atoms with Crippen LogP contribution in [0.3, 0.4) is 0 Å². The van der Waals surface area contributed by atoms with E-state index in [0.29, 0.717) is 10.6 Å². The fraction of sp³-hybridized carbons (Fsp3) is 0.0909. The van der Waals surface area contributed by atoms with Crippen LogP contribution in [0.15, 0.2) is 146 Å². The van der Waals surface area contributed by atoms with Gasteiger partial charge >= 0.3 is 7.12 Å². The minimum atomic E-state index is -1.42. The highest BCUT2D eigenvalue weighted by molar-refractivity contribution is 6.58. The van der Waals surface area contributed by atoms with Gasteiger partial charge in [0.25, 0.3) is 0 Å². The summed E-state index contributed by atoms with van der Waals surface area (Å²) in [6.07, 6.45) is 3.47. The summed E-state index contributed by atoms with van der Waals surface area (Å²) < 4.78 is 0. The van der Waals surface area contributed by atoms with Gasteiger partial charge < -0.3 is 10.0 Å². The van der Waals surface area contributed by atoms with Crippen molar-refractivity contribution in [3.8, 4) is 33.5 Å². The fourth-order valence-electron chi connectivity index (χ4n) is 6.06. The van der Waals surface area contributed by atoms with Crippen molar-refractivity contribution in [3.63, 3.8) is 0 Å². The largest absolute Gasteiger partial charge is 0.488 e. The van der Waals surface area contributed by atoms with Crippen LogP contribution in [0, 0.1) is 27.7 Å². The molecule has 0 unspecified atom stereocenters. The Morgan fingerprint density at radius 2 is 0.923 bits per heavy atom. The maximum atomic E-state index is 9.11. The van der Waals surface area contributed by atoms with Crippen molar-refractivity contribution in [1.29, 1.82) is 0 Å². The Hall–Kier alpha value is -5.73. The minimum absolute atomic E-state index is 0.487. The molecule has 0 saturated carbocycles. The molecule has 0 bridgehead atoms. The SMILES string of the molecule is Cc1cnc(-c2ccc(-c3cccc4ccccc34)cc2)c(C)n1.Cc1cnc(Cl)c(C)n1.OB(O)c1ccc(-c2cccc3ccccc23)cc1. The average molecular weight is 701 g/mol. The van der Waals surface area contributed by atoms with E-state index in [-0.39, 0.29) is 0 Å². The third-order valence-corrected chi connectivity index (χ3v) is 9.01. The summed E-state index contributed by atoms with van der Waals surface area (Å²) in [4.78, 5) is 17.0. The number of nitrogens with zero attached hydrogens (tertiary/aromatic N) is 4. The molecule has 0 aliphatic heterocycles. The van der Waals surface area contributed by atoms with Crippen molar-refractivity contribution in [2.24, 2.45) is 0 Å². The molecule has 0 aliphatic carbocycles. The highest BCUT2D eigenvalue weighted by Gasteiger charge is 2.11. The zero-order valence-electron chi connectivity index (χ0n) is 29.5. The van der Waals surface area contributed by atoms with E-state index in [1.54, 1.807) is 18.3 Å². The number of halogens is 1. The number of benzene rings is 6. The van der Waals surface area contributed by atoms with Crippen molar-refractivity contribution in [2.75, 3.05) is 0 Å². The second-order valence-corrected chi connectivity index (χ2v) is 12.8. The monoisotopic (exact) mass is 700 g/mol. The van der Waals surface area contributed by atoms with Crippen LogP contribution in [0.4, 0.5) is 0 Å². The lowest BCUT2D eigenvalue weighted by Gasteiger charge is -2.09. The lowest BCUT2D eigenvalue weighted by atomic mass is 9.79. The van der Waals surface area contributed by atoms with Gasteiger partial charge in [0.05, 0.1) is 28.5 Å². The van der Waals surface area contributed by atoms with E-state index in [1.807, 2.05) is 64.2 Å². The molecule has 0 spiro atoms. The van der Waals surface area contributed by atoms with Crippen LogP contribution < -0.4 is 5.46 Å². The molecule has 0 atom stereocenters. The van der Waals surface area contributed by atoms with E-state index >= 15 is 0 Å². The third-order valence-electron chi connectivity index (χ3n) is 8.64. The summed E-state index contributed by atoms with van der Waals surface area (Å²) in [5, 5.41) is 23.6. The van der Waals surface area contributed by atoms with Crippen LogP contribution in [0.5, 0.6) is 0 Å². The van der Waals surface area contributed by atoms with Gasteiger partial charge in [0.15, 0.2) is 0 Å². The molecule has 0 radical (unpaired) electrons. The molecule has 52 heavy (non-hydrogen) atoms. The van der Waals surface area contributed by atoms with Gasteiger partial charge in [-0.2, -0.15) is 0 Å². The lowest BCUT2D eigenvalue weighted by Crippen LogP contribution is -2.29. The molecular weight excluding hydrogens is 663 g/mol. The predicted octanol–water partition coefficient (Wildman–Crippen LogP) is 9.51. The minimum Gasteiger partial charge on any atom is -0.423 e. The number of aryl methyl sites for hydroxylation is 4. The normalized spacial score (nSPS) is 10.6. The van der Waals surface area contributed by atoms with Crippen molar-refractivity contribution < 1.29 is 10.0 Å². The Balaban J connectivity index is 0.000000147. The van der Waals surface area contributed by atoms with Crippen LogP contribution >= 0.6 is 11.6 Å². The van der Waals surface area contributed by atoms with Crippen molar-refractivity contribution in [1.82, 2.24) is 19.9 Å². The summed E-state index contributed by atoms with van der Waals surface area (Å²) in [6, 6.07) is 45.3. The Kier molecular flexibility index (Phi) is 11.5. The van der Waals surface area contributed by atoms with Crippen LogP contribution in [0.1, 0.15) is 22.8 Å². The first kappa shape index (κ1) is 36.1. The van der Waals surface area contributed by atoms with Gasteiger partial charge in [-0.25, -0.2) is 4.98 Å². The highest BCUT2D eigenvalue weighted by atomic mass is 35.5. The molecule has 0 amide bonds. The van der Waals surface area contributed by atoms with Crippen LogP contribution in [0.25, 0.3) is 55.1 Å². The summed E-state index contributed by atoms with van der Waals surface area (Å²) in [5.74, 6) is 0. The maximum absolute atomic E-state index is 9.11. The van der Waals surface area contributed by atoms with Crippen LogP contribution in [0.2, 0.25) is 5.15 Å². The summed E-state index contributed by atoms with van der Waals surface area (Å²) >= 11 is 5.61. The van der Waals surface area contributed by atoms with Gasteiger partial charge in [-0.3, -0.25) is 15.0 Å². The van der Waals surface area contributed by atoms with Crippen molar-refractivity contribution in [3.05, 3.63) is 174 Å². The quantitative estimate of drug-likeness (QED) is 0.178. The highest BCUT2D eigenvalue weighted by Crippen LogP contribution is 2.31. The summed E-state index contributed by atoms with van der Waals surface area (Å²) in [7, 11) is -1.42. The molecule has 8 aromatic rings. The standard InChI is InChI=1S/C22H18N2.C16H13BO2.C6H7ClN2/c1-15-14-23-22(16(2)24-15)19-12-10-18(11-13-19)21-9-5-7-17-6-3-4-8-20(17)21;18-17(19)14-10-8-13(9-11-14)16-7-3-5-12-4-1-2-6-15(12)16;1-4-3-8-6(7)5(2)9-4/h3-14H,1-2H3;1-11,18-19H;3H,1-2H3. The van der Waals surface area contributed by atoms with Crippen LogP contribution in [-0.2, 0) is 0 Å². The van der Waals surface area contributed by atoms with E-state index < -0.39 is 7.12 Å². The van der Waals surface area contributed by atoms with Gasteiger partial charge in [-0.05, 0) is 77.0 Å². The molecule has 2 N–H and O–H groups in total. The molecule has 2 heterocycles. The molecular formula is C44H38BClN4O2. The smallest absolute Gasteiger partial charge is 0.423 e. The fourth-order valence-corrected chi connectivity index (χ4v) is 6.15. The molecule has 2 aromatic heterocycles. The van der Waals surface area contributed by atoms with Crippen molar-refractivity contribution in [2.45, 2.75) is 27.7 Å². The second-order valence-electron chi connectivity index (χ2n) is 12.5. The van der Waals surface area contributed by atoms with Gasteiger partial charge in [-0.15, -0.1) is 0 Å². The number of hydrogen-bond acceptors (Lipinski definition) is 6. The van der Waals surface area contributed by atoms with E-state index in [0.717, 1.165) is 45.2 Å². The third kappa shape index (κ3) is 8.59. The maximum Gasteiger partial charge on any atom is 0.488 e. The summed E-state index contributed by atoms with van der Waals surface area (Å²) in [5.41, 5.74) is 10.8. The molecule has 8 rings (SSSR count). The van der Waals surface area contributed by atoms with E-state index in [4.69, 9.17) is 21.6 Å². The van der Waals surface area contributed by atoms with E-state index in [9.17, 15) is 0 Å². The number of rotatable bonds is 4. The zero-order chi connectivity index (χ0) is 36.6. The Morgan fingerprint density at radius 1 is 0.481 bits per heavy atom. The first-order chi connectivity index (χ1) is 25.2. The van der Waals surface area contributed by atoms with E-state index in [1.165, 1.54) is 32.7 Å². The number of aromatic nitrogens is 4. The Bertz CT molecular complexity index is 2440. The average Bonchev–Trinajstić information content (AvgIpc) is 3.17. The predicted molar refractivity (Wildman–Crippen MR) is 216 cm³/mol. The van der Waals surface area contributed by atoms with Crippen molar-refractivity contribution >= 4 is 45.7 Å². The molecule has 8 heteroatoms.